The van der Waals surface area contributed by atoms with Gasteiger partial charge in [-0.05, 0) is 42.9 Å². The minimum atomic E-state index is 0.146. The smallest absolute Gasteiger partial charge is 0.0505 e. The summed E-state index contributed by atoms with van der Waals surface area (Å²) < 4.78 is 0. The van der Waals surface area contributed by atoms with Gasteiger partial charge in [-0.2, -0.15) is 0 Å². The molecule has 3 rings (SSSR count). The van der Waals surface area contributed by atoms with Crippen molar-refractivity contribution in [2.24, 2.45) is 28.4 Å². The molecule has 1 spiro atoms. The zero-order valence-electron chi connectivity index (χ0n) is 8.13. The summed E-state index contributed by atoms with van der Waals surface area (Å²) in [7, 11) is 0. The summed E-state index contributed by atoms with van der Waals surface area (Å²) in [6.07, 6.45) is 6.87. The van der Waals surface area contributed by atoms with Gasteiger partial charge in [-0.3, -0.25) is 0 Å². The molecule has 4 atom stereocenters. The molecule has 3 saturated carbocycles. The zero-order chi connectivity index (χ0) is 9.10. The molecule has 3 aliphatic carbocycles. The second-order valence-electron chi connectivity index (χ2n) is 5.56. The van der Waals surface area contributed by atoms with Gasteiger partial charge in [-0.1, -0.05) is 6.42 Å². The summed E-state index contributed by atoms with van der Waals surface area (Å²) in [6.45, 7) is 1.03. The van der Waals surface area contributed by atoms with Crippen LogP contribution in [0.25, 0.3) is 0 Å². The van der Waals surface area contributed by atoms with Gasteiger partial charge in [-0.25, -0.2) is 0 Å². The van der Waals surface area contributed by atoms with Gasteiger partial charge in [0.2, 0.25) is 0 Å². The van der Waals surface area contributed by atoms with Crippen molar-refractivity contribution < 1.29 is 5.11 Å². The van der Waals surface area contributed by atoms with E-state index in [1.165, 1.54) is 32.1 Å². The lowest BCUT2D eigenvalue weighted by atomic mass is 9.79. The maximum Gasteiger partial charge on any atom is 0.0505 e. The molecule has 0 saturated heterocycles. The molecular weight excluding hydrogens is 162 g/mol. The van der Waals surface area contributed by atoms with Crippen LogP contribution in [0.3, 0.4) is 0 Å². The fraction of sp³-hybridized carbons (Fsp3) is 1.00. The topological polar surface area (TPSA) is 46.2 Å². The van der Waals surface area contributed by atoms with Crippen LogP contribution in [0.5, 0.6) is 0 Å². The third-order valence-electron chi connectivity index (χ3n) is 5.25. The molecule has 3 aliphatic rings. The second kappa shape index (κ2) is 2.29. The van der Waals surface area contributed by atoms with Crippen molar-refractivity contribution in [1.82, 2.24) is 0 Å². The van der Waals surface area contributed by atoms with E-state index in [-0.39, 0.29) is 5.41 Å². The van der Waals surface area contributed by atoms with Crippen LogP contribution in [-0.2, 0) is 0 Å². The molecule has 3 N–H and O–H groups in total. The average molecular weight is 181 g/mol. The molecule has 0 radical (unpaired) electrons. The summed E-state index contributed by atoms with van der Waals surface area (Å²) in [5.41, 5.74) is 6.45. The molecule has 2 bridgehead atoms. The van der Waals surface area contributed by atoms with Crippen LogP contribution < -0.4 is 5.73 Å². The highest BCUT2D eigenvalue weighted by Crippen LogP contribution is 2.77. The first-order valence-corrected chi connectivity index (χ1v) is 5.57. The fourth-order valence-electron chi connectivity index (χ4n) is 4.42. The molecule has 2 heteroatoms. The van der Waals surface area contributed by atoms with Crippen LogP contribution in [0.2, 0.25) is 0 Å². The van der Waals surface area contributed by atoms with Gasteiger partial charge in [0.15, 0.2) is 0 Å². The molecule has 0 amide bonds. The number of aliphatic hydroxyl groups excluding tert-OH is 1. The van der Waals surface area contributed by atoms with E-state index >= 15 is 0 Å². The minimum Gasteiger partial charge on any atom is -0.396 e. The molecule has 0 heterocycles. The van der Waals surface area contributed by atoms with Crippen LogP contribution in [0.1, 0.15) is 32.1 Å². The summed E-state index contributed by atoms with van der Waals surface area (Å²) in [5, 5.41) is 9.43. The van der Waals surface area contributed by atoms with E-state index in [9.17, 15) is 5.11 Å². The predicted molar refractivity (Wildman–Crippen MR) is 51.1 cm³/mol. The van der Waals surface area contributed by atoms with Gasteiger partial charge in [0.05, 0.1) is 6.61 Å². The van der Waals surface area contributed by atoms with Crippen molar-refractivity contribution in [3.63, 3.8) is 0 Å². The van der Waals surface area contributed by atoms with Gasteiger partial charge in [0.1, 0.15) is 0 Å². The number of aliphatic hydroxyl groups is 1. The summed E-state index contributed by atoms with van der Waals surface area (Å²) >= 11 is 0. The average Bonchev–Trinajstić information content (AvgIpc) is 2.53. The SMILES string of the molecule is NCC1(CO)CC12CC1CCC2C1. The Morgan fingerprint density at radius 3 is 2.62 bits per heavy atom. The number of hydrogen-bond acceptors (Lipinski definition) is 2. The monoisotopic (exact) mass is 181 g/mol. The van der Waals surface area contributed by atoms with E-state index in [0.29, 0.717) is 18.6 Å². The number of nitrogens with two attached hydrogens (primary N) is 1. The third kappa shape index (κ3) is 0.774. The van der Waals surface area contributed by atoms with Crippen molar-refractivity contribution in [3.8, 4) is 0 Å². The van der Waals surface area contributed by atoms with E-state index in [1.54, 1.807) is 0 Å². The molecular formula is C11H19NO. The van der Waals surface area contributed by atoms with Crippen LogP contribution in [0.15, 0.2) is 0 Å². The molecule has 2 nitrogen and oxygen atoms in total. The zero-order valence-corrected chi connectivity index (χ0v) is 8.13. The second-order valence-corrected chi connectivity index (χ2v) is 5.56. The number of rotatable bonds is 2. The normalized spacial score (nSPS) is 57.7. The molecule has 13 heavy (non-hydrogen) atoms. The Morgan fingerprint density at radius 2 is 2.23 bits per heavy atom. The lowest BCUT2D eigenvalue weighted by Gasteiger charge is -2.27. The lowest BCUT2D eigenvalue weighted by molar-refractivity contribution is 0.141. The van der Waals surface area contributed by atoms with E-state index in [1.807, 2.05) is 0 Å². The summed E-state index contributed by atoms with van der Waals surface area (Å²) in [4.78, 5) is 0. The van der Waals surface area contributed by atoms with E-state index in [4.69, 9.17) is 5.73 Å². The van der Waals surface area contributed by atoms with Gasteiger partial charge in [-0.15, -0.1) is 0 Å². The highest BCUT2D eigenvalue weighted by Gasteiger charge is 2.72. The summed E-state index contributed by atoms with van der Waals surface area (Å²) in [5.74, 6) is 1.89. The van der Waals surface area contributed by atoms with Crippen molar-refractivity contribution in [1.29, 1.82) is 0 Å². The first kappa shape index (κ1) is 8.25. The Bertz CT molecular complexity index is 236. The van der Waals surface area contributed by atoms with E-state index in [0.717, 1.165) is 11.8 Å². The van der Waals surface area contributed by atoms with Crippen LogP contribution >= 0.6 is 0 Å². The highest BCUT2D eigenvalue weighted by molar-refractivity contribution is 5.22. The molecule has 74 valence electrons. The lowest BCUT2D eigenvalue weighted by Crippen LogP contribution is -2.30. The maximum atomic E-state index is 9.43. The molecule has 0 aromatic rings. The van der Waals surface area contributed by atoms with Gasteiger partial charge < -0.3 is 10.8 Å². The van der Waals surface area contributed by atoms with Crippen molar-refractivity contribution in [2.75, 3.05) is 13.2 Å². The Labute approximate surface area is 79.5 Å². The Morgan fingerprint density at radius 1 is 1.38 bits per heavy atom. The first-order chi connectivity index (χ1) is 6.26. The Kier molecular flexibility index (Phi) is 1.45. The third-order valence-corrected chi connectivity index (χ3v) is 5.25. The molecule has 0 aromatic carbocycles. The van der Waals surface area contributed by atoms with Crippen molar-refractivity contribution in [3.05, 3.63) is 0 Å². The fourth-order valence-corrected chi connectivity index (χ4v) is 4.42. The van der Waals surface area contributed by atoms with Crippen LogP contribution in [0, 0.1) is 22.7 Å². The minimum absolute atomic E-state index is 0.146. The van der Waals surface area contributed by atoms with Crippen LogP contribution in [-0.4, -0.2) is 18.3 Å². The van der Waals surface area contributed by atoms with Crippen LogP contribution in [0.4, 0.5) is 0 Å². The van der Waals surface area contributed by atoms with Crippen molar-refractivity contribution in [2.45, 2.75) is 32.1 Å². The first-order valence-electron chi connectivity index (χ1n) is 5.57. The number of hydrogen-bond donors (Lipinski definition) is 2. The molecule has 4 unspecified atom stereocenters. The van der Waals surface area contributed by atoms with E-state index in [2.05, 4.69) is 0 Å². The van der Waals surface area contributed by atoms with Gasteiger partial charge in [0.25, 0.3) is 0 Å². The Hall–Kier alpha value is -0.0800. The molecule has 0 aliphatic heterocycles. The predicted octanol–water partition coefficient (Wildman–Crippen LogP) is 1.13. The quantitative estimate of drug-likeness (QED) is 0.671. The molecule has 0 aromatic heterocycles. The maximum absolute atomic E-state index is 9.43. The standard InChI is InChI=1S/C11H19NO/c12-6-10(7-13)5-11(10)4-8-1-2-9(11)3-8/h8-9,13H,1-7,12H2. The van der Waals surface area contributed by atoms with Gasteiger partial charge >= 0.3 is 0 Å². The highest BCUT2D eigenvalue weighted by atomic mass is 16.3. The summed E-state index contributed by atoms with van der Waals surface area (Å²) in [6, 6.07) is 0. The molecule has 3 fully saturated rings. The van der Waals surface area contributed by atoms with E-state index < -0.39 is 0 Å². The number of fused-ring (bicyclic) bond motifs is 3. The van der Waals surface area contributed by atoms with Crippen molar-refractivity contribution >= 4 is 0 Å². The largest absolute Gasteiger partial charge is 0.396 e. The van der Waals surface area contributed by atoms with Gasteiger partial charge in [0, 0.05) is 12.0 Å². The Balaban J connectivity index is 1.87.